The van der Waals surface area contributed by atoms with Crippen LogP contribution in [0.25, 0.3) is 10.2 Å². The molecule has 0 fully saturated rings. The molecule has 0 aliphatic rings. The van der Waals surface area contributed by atoms with Crippen LogP contribution in [0.3, 0.4) is 0 Å². The molecule has 0 aliphatic heterocycles. The van der Waals surface area contributed by atoms with Crippen molar-refractivity contribution < 1.29 is 0 Å². The first-order chi connectivity index (χ1) is 8.66. The lowest BCUT2D eigenvalue weighted by Gasteiger charge is -2.06. The third-order valence-electron chi connectivity index (χ3n) is 2.81. The van der Waals surface area contributed by atoms with Gasteiger partial charge >= 0.3 is 0 Å². The molecule has 2 N–H and O–H groups in total. The number of hydrogen-bond acceptors (Lipinski definition) is 5. The summed E-state index contributed by atoms with van der Waals surface area (Å²) in [5.41, 5.74) is 0.777. The van der Waals surface area contributed by atoms with Gasteiger partial charge in [-0.15, -0.1) is 22.7 Å². The van der Waals surface area contributed by atoms with Gasteiger partial charge < -0.3 is 5.84 Å². The summed E-state index contributed by atoms with van der Waals surface area (Å²) in [7, 11) is 0. The zero-order valence-electron chi connectivity index (χ0n) is 9.71. The van der Waals surface area contributed by atoms with Crippen LogP contribution in [0, 0.1) is 6.92 Å². The van der Waals surface area contributed by atoms with Gasteiger partial charge in [-0.1, -0.05) is 6.07 Å². The van der Waals surface area contributed by atoms with E-state index in [1.54, 1.807) is 11.3 Å². The first-order valence-electron chi connectivity index (χ1n) is 5.44. The first-order valence-corrected chi connectivity index (χ1v) is 7.20. The molecule has 0 spiro atoms. The van der Waals surface area contributed by atoms with Crippen LogP contribution in [0.2, 0.25) is 0 Å². The van der Waals surface area contributed by atoms with Gasteiger partial charge in [0.05, 0.1) is 5.39 Å². The summed E-state index contributed by atoms with van der Waals surface area (Å²) in [4.78, 5) is 18.6. The molecule has 0 bridgehead atoms. The summed E-state index contributed by atoms with van der Waals surface area (Å²) in [6.07, 6.45) is 0.594. The van der Waals surface area contributed by atoms with E-state index in [0.29, 0.717) is 17.6 Å². The Kier molecular flexibility index (Phi) is 2.68. The Bertz CT molecular complexity index is 756. The Morgan fingerprint density at radius 2 is 2.28 bits per heavy atom. The SMILES string of the molecule is Cc1csc2nc(Cc3cccs3)n(N)c(=O)c12. The maximum atomic E-state index is 12.2. The lowest BCUT2D eigenvalue weighted by atomic mass is 10.2. The molecule has 0 radical (unpaired) electrons. The van der Waals surface area contributed by atoms with Gasteiger partial charge in [0.25, 0.3) is 5.56 Å². The molecule has 18 heavy (non-hydrogen) atoms. The summed E-state index contributed by atoms with van der Waals surface area (Å²) in [5, 5.41) is 4.58. The van der Waals surface area contributed by atoms with Crippen molar-refractivity contribution in [2.75, 3.05) is 5.84 Å². The van der Waals surface area contributed by atoms with Gasteiger partial charge in [0.15, 0.2) is 0 Å². The Hall–Kier alpha value is -1.66. The Balaban J connectivity index is 2.19. The highest BCUT2D eigenvalue weighted by molar-refractivity contribution is 7.16. The van der Waals surface area contributed by atoms with Crippen molar-refractivity contribution in [3.05, 3.63) is 49.5 Å². The molecule has 0 saturated heterocycles. The highest BCUT2D eigenvalue weighted by Gasteiger charge is 2.13. The Morgan fingerprint density at radius 3 is 3.00 bits per heavy atom. The van der Waals surface area contributed by atoms with Crippen LogP contribution < -0.4 is 11.4 Å². The third-order valence-corrected chi connectivity index (χ3v) is 4.68. The predicted molar refractivity (Wildman–Crippen MR) is 75.9 cm³/mol. The minimum Gasteiger partial charge on any atom is -0.335 e. The second-order valence-corrected chi connectivity index (χ2v) is 5.95. The highest BCUT2D eigenvalue weighted by Crippen LogP contribution is 2.21. The van der Waals surface area contributed by atoms with Gasteiger partial charge in [0.1, 0.15) is 10.7 Å². The van der Waals surface area contributed by atoms with Crippen molar-refractivity contribution in [2.24, 2.45) is 0 Å². The molecular formula is C12H11N3OS2. The molecule has 0 atom stereocenters. The number of nitrogen functional groups attached to an aromatic ring is 1. The smallest absolute Gasteiger partial charge is 0.280 e. The number of aryl methyl sites for hydroxylation is 1. The molecule has 3 rings (SSSR count). The zero-order valence-corrected chi connectivity index (χ0v) is 11.3. The van der Waals surface area contributed by atoms with Crippen LogP contribution in [0.5, 0.6) is 0 Å². The molecule has 0 unspecified atom stereocenters. The summed E-state index contributed by atoms with van der Waals surface area (Å²) in [5.74, 6) is 6.45. The topological polar surface area (TPSA) is 60.9 Å². The maximum Gasteiger partial charge on any atom is 0.280 e. The number of rotatable bonds is 2. The molecule has 0 aromatic carbocycles. The molecule has 3 heterocycles. The fourth-order valence-corrected chi connectivity index (χ4v) is 3.51. The van der Waals surface area contributed by atoms with E-state index < -0.39 is 0 Å². The number of thiophene rings is 2. The van der Waals surface area contributed by atoms with E-state index in [4.69, 9.17) is 5.84 Å². The second-order valence-electron chi connectivity index (χ2n) is 4.06. The lowest BCUT2D eigenvalue weighted by Crippen LogP contribution is -2.31. The second kappa shape index (κ2) is 4.22. The van der Waals surface area contributed by atoms with Crippen molar-refractivity contribution in [3.8, 4) is 0 Å². The van der Waals surface area contributed by atoms with Crippen molar-refractivity contribution in [2.45, 2.75) is 13.3 Å². The summed E-state index contributed by atoms with van der Waals surface area (Å²) in [6, 6.07) is 3.99. The van der Waals surface area contributed by atoms with Crippen LogP contribution in [-0.4, -0.2) is 9.66 Å². The van der Waals surface area contributed by atoms with Crippen molar-refractivity contribution in [1.82, 2.24) is 9.66 Å². The van der Waals surface area contributed by atoms with E-state index in [1.807, 2.05) is 29.8 Å². The van der Waals surface area contributed by atoms with E-state index in [2.05, 4.69) is 4.98 Å². The molecule has 0 amide bonds. The number of fused-ring (bicyclic) bond motifs is 1. The summed E-state index contributed by atoms with van der Waals surface area (Å²) < 4.78 is 1.17. The summed E-state index contributed by atoms with van der Waals surface area (Å²) in [6.45, 7) is 1.90. The molecule has 6 heteroatoms. The standard InChI is InChI=1S/C12H11N3OS2/c1-7-6-18-11-10(7)12(16)15(13)9(14-11)5-8-3-2-4-17-8/h2-4,6H,5,13H2,1H3. The van der Waals surface area contributed by atoms with Crippen LogP contribution in [0.1, 0.15) is 16.3 Å². The molecule has 92 valence electrons. The molecule has 3 aromatic heterocycles. The predicted octanol–water partition coefficient (Wildman–Crippen LogP) is 2.13. The van der Waals surface area contributed by atoms with Crippen LogP contribution in [0.15, 0.2) is 27.7 Å². The van der Waals surface area contributed by atoms with Crippen molar-refractivity contribution >= 4 is 32.9 Å². The molecule has 0 saturated carbocycles. The molecule has 3 aromatic rings. The minimum absolute atomic E-state index is 0.162. The number of aromatic nitrogens is 2. The summed E-state index contributed by atoms with van der Waals surface area (Å²) >= 11 is 3.12. The molecule has 4 nitrogen and oxygen atoms in total. The van der Waals surface area contributed by atoms with Crippen LogP contribution in [0.4, 0.5) is 0 Å². The number of nitrogens with zero attached hydrogens (tertiary/aromatic N) is 2. The molecule has 0 aliphatic carbocycles. The van der Waals surface area contributed by atoms with Crippen molar-refractivity contribution in [1.29, 1.82) is 0 Å². The molecular weight excluding hydrogens is 266 g/mol. The van der Waals surface area contributed by atoms with Gasteiger partial charge in [-0.25, -0.2) is 9.66 Å². The van der Waals surface area contributed by atoms with Crippen molar-refractivity contribution in [3.63, 3.8) is 0 Å². The van der Waals surface area contributed by atoms with E-state index >= 15 is 0 Å². The van der Waals surface area contributed by atoms with Gasteiger partial charge in [-0.05, 0) is 29.3 Å². The van der Waals surface area contributed by atoms with Crippen LogP contribution in [-0.2, 0) is 6.42 Å². The zero-order chi connectivity index (χ0) is 12.7. The average Bonchev–Trinajstić information content (AvgIpc) is 2.96. The van der Waals surface area contributed by atoms with Gasteiger partial charge in [0.2, 0.25) is 0 Å². The van der Waals surface area contributed by atoms with Crippen LogP contribution >= 0.6 is 22.7 Å². The van der Waals surface area contributed by atoms with Gasteiger partial charge in [-0.3, -0.25) is 4.79 Å². The quantitative estimate of drug-likeness (QED) is 0.730. The van der Waals surface area contributed by atoms with E-state index in [0.717, 1.165) is 15.3 Å². The average molecular weight is 277 g/mol. The Morgan fingerprint density at radius 1 is 1.44 bits per heavy atom. The fraction of sp³-hybridized carbons (Fsp3) is 0.167. The van der Waals surface area contributed by atoms with E-state index in [1.165, 1.54) is 16.0 Å². The van der Waals surface area contributed by atoms with Gasteiger partial charge in [-0.2, -0.15) is 0 Å². The monoisotopic (exact) mass is 277 g/mol. The third kappa shape index (κ3) is 1.74. The number of nitrogens with two attached hydrogens (primary N) is 1. The minimum atomic E-state index is -0.162. The Labute approximate surface area is 111 Å². The highest BCUT2D eigenvalue weighted by atomic mass is 32.1. The maximum absolute atomic E-state index is 12.2. The largest absolute Gasteiger partial charge is 0.335 e. The van der Waals surface area contributed by atoms with E-state index in [9.17, 15) is 4.79 Å². The lowest BCUT2D eigenvalue weighted by molar-refractivity contribution is 0.820. The van der Waals surface area contributed by atoms with E-state index in [-0.39, 0.29) is 5.56 Å². The normalized spacial score (nSPS) is 11.2. The van der Waals surface area contributed by atoms with Gasteiger partial charge in [0, 0.05) is 11.3 Å². The first kappa shape index (κ1) is 11.4. The fourth-order valence-electron chi connectivity index (χ4n) is 1.88. The number of hydrogen-bond donors (Lipinski definition) is 1.